The average Bonchev–Trinajstić information content (AvgIpc) is 2.59. The van der Waals surface area contributed by atoms with Gasteiger partial charge in [0.2, 0.25) is 0 Å². The van der Waals surface area contributed by atoms with Crippen LogP contribution < -0.4 is 4.72 Å². The van der Waals surface area contributed by atoms with Crippen molar-refractivity contribution in [3.63, 3.8) is 0 Å². The van der Waals surface area contributed by atoms with E-state index < -0.39 is 15.6 Å². The lowest BCUT2D eigenvalue weighted by molar-refractivity contribution is 0.492. The average molecular weight is 275 g/mol. The predicted molar refractivity (Wildman–Crippen MR) is 73.0 cm³/mol. The molecule has 17 heavy (non-hydrogen) atoms. The molecule has 0 fully saturated rings. The topological polar surface area (TPSA) is 46.2 Å². The molecule has 0 aliphatic heterocycles. The molecule has 1 aromatic heterocycles. The number of nitrogens with one attached hydrogen (secondary N) is 1. The van der Waals surface area contributed by atoms with E-state index in [0.717, 1.165) is 24.1 Å². The van der Waals surface area contributed by atoms with Crippen LogP contribution in [0.2, 0.25) is 0 Å². The van der Waals surface area contributed by atoms with Gasteiger partial charge in [-0.2, -0.15) is 0 Å². The van der Waals surface area contributed by atoms with Gasteiger partial charge in [0, 0.05) is 10.4 Å². The maximum Gasteiger partial charge on any atom is 0.250 e. The highest BCUT2D eigenvalue weighted by Gasteiger charge is 2.23. The van der Waals surface area contributed by atoms with E-state index in [1.54, 1.807) is 6.07 Å². The molecule has 0 aliphatic carbocycles. The zero-order chi connectivity index (χ0) is 13.1. The lowest BCUT2D eigenvalue weighted by atomic mass is 10.1. The summed E-state index contributed by atoms with van der Waals surface area (Å²) in [7, 11) is -3.35. The highest BCUT2D eigenvalue weighted by molar-refractivity contribution is 7.91. The third kappa shape index (κ3) is 4.77. The fourth-order valence-corrected chi connectivity index (χ4v) is 4.26. The normalized spacial score (nSPS) is 12.9. The first-order chi connectivity index (χ1) is 7.74. The number of unbranched alkanes of at least 4 members (excludes halogenated alkanes) is 1. The third-order valence-electron chi connectivity index (χ3n) is 2.12. The first-order valence-corrected chi connectivity index (χ1v) is 8.17. The van der Waals surface area contributed by atoms with Gasteiger partial charge < -0.3 is 0 Å². The maximum atomic E-state index is 12.0. The number of aryl methyl sites for hydroxylation is 1. The number of thiophene rings is 1. The molecule has 0 amide bonds. The van der Waals surface area contributed by atoms with Gasteiger partial charge >= 0.3 is 0 Å². The molecule has 0 saturated carbocycles. The molecule has 3 nitrogen and oxygen atoms in total. The van der Waals surface area contributed by atoms with Crippen molar-refractivity contribution in [2.75, 3.05) is 0 Å². The van der Waals surface area contributed by atoms with Crippen LogP contribution in [0.1, 0.15) is 45.4 Å². The summed E-state index contributed by atoms with van der Waals surface area (Å²) in [6, 6.07) is 3.61. The Bertz CT molecular complexity index is 455. The molecule has 1 rings (SSSR count). The summed E-state index contributed by atoms with van der Waals surface area (Å²) in [6.07, 6.45) is 3.19. The summed E-state index contributed by atoms with van der Waals surface area (Å²) in [5, 5.41) is 0. The molecule has 0 saturated heterocycles. The molecule has 1 aromatic rings. The molecular weight excluding hydrogens is 254 g/mol. The zero-order valence-corrected chi connectivity index (χ0v) is 12.5. The van der Waals surface area contributed by atoms with Crippen molar-refractivity contribution in [3.8, 4) is 0 Å². The van der Waals surface area contributed by atoms with Crippen LogP contribution in [0.3, 0.4) is 0 Å². The fraction of sp³-hybridized carbons (Fsp3) is 0.667. The molecule has 98 valence electrons. The zero-order valence-electron chi connectivity index (χ0n) is 10.9. The smallest absolute Gasteiger partial charge is 0.206 e. The second-order valence-electron chi connectivity index (χ2n) is 5.18. The Hall–Kier alpha value is -0.390. The van der Waals surface area contributed by atoms with Crippen LogP contribution in [0, 0.1) is 0 Å². The van der Waals surface area contributed by atoms with Crippen molar-refractivity contribution in [2.45, 2.75) is 56.7 Å². The van der Waals surface area contributed by atoms with Crippen molar-refractivity contribution in [1.82, 2.24) is 4.72 Å². The molecule has 1 N–H and O–H groups in total. The number of rotatable bonds is 5. The van der Waals surface area contributed by atoms with Crippen LogP contribution in [0.5, 0.6) is 0 Å². The van der Waals surface area contributed by atoms with E-state index in [2.05, 4.69) is 11.6 Å². The van der Waals surface area contributed by atoms with Crippen LogP contribution in [-0.2, 0) is 16.4 Å². The van der Waals surface area contributed by atoms with Crippen molar-refractivity contribution in [3.05, 3.63) is 17.0 Å². The second kappa shape index (κ2) is 5.50. The summed E-state index contributed by atoms with van der Waals surface area (Å²) in [5.41, 5.74) is -0.438. The Labute approximate surface area is 108 Å². The predicted octanol–water partition coefficient (Wildman–Crippen LogP) is 3.17. The fourth-order valence-electron chi connectivity index (χ4n) is 1.44. The molecular formula is C12H21NO2S2. The first kappa shape index (κ1) is 14.7. The monoisotopic (exact) mass is 275 g/mol. The minimum Gasteiger partial charge on any atom is -0.206 e. The van der Waals surface area contributed by atoms with Gasteiger partial charge in [-0.15, -0.1) is 11.3 Å². The van der Waals surface area contributed by atoms with Crippen LogP contribution in [-0.4, -0.2) is 14.0 Å². The Morgan fingerprint density at radius 3 is 2.47 bits per heavy atom. The SMILES string of the molecule is CCCCc1ccc(S(=O)(=O)NC(C)(C)C)s1. The van der Waals surface area contributed by atoms with E-state index in [1.807, 2.05) is 26.8 Å². The summed E-state index contributed by atoms with van der Waals surface area (Å²) < 4.78 is 27.1. The Morgan fingerprint density at radius 2 is 1.94 bits per heavy atom. The highest BCUT2D eigenvalue weighted by Crippen LogP contribution is 2.24. The highest BCUT2D eigenvalue weighted by atomic mass is 32.2. The van der Waals surface area contributed by atoms with Crippen molar-refractivity contribution in [1.29, 1.82) is 0 Å². The standard InChI is InChI=1S/C12H21NO2S2/c1-5-6-7-10-8-9-11(16-10)17(14,15)13-12(2,3)4/h8-9,13H,5-7H2,1-4H3. The van der Waals surface area contributed by atoms with Gasteiger partial charge in [0.1, 0.15) is 4.21 Å². The van der Waals surface area contributed by atoms with Crippen LogP contribution in [0.25, 0.3) is 0 Å². The van der Waals surface area contributed by atoms with Crippen LogP contribution in [0.15, 0.2) is 16.3 Å². The number of sulfonamides is 1. The maximum absolute atomic E-state index is 12.0. The van der Waals surface area contributed by atoms with E-state index >= 15 is 0 Å². The molecule has 0 aliphatic rings. The van der Waals surface area contributed by atoms with Crippen molar-refractivity contribution in [2.24, 2.45) is 0 Å². The van der Waals surface area contributed by atoms with E-state index in [9.17, 15) is 8.42 Å². The number of hydrogen-bond acceptors (Lipinski definition) is 3. The molecule has 0 atom stereocenters. The lowest BCUT2D eigenvalue weighted by Crippen LogP contribution is -2.40. The van der Waals surface area contributed by atoms with Gasteiger partial charge in [-0.3, -0.25) is 0 Å². The van der Waals surface area contributed by atoms with Crippen molar-refractivity contribution >= 4 is 21.4 Å². The summed E-state index contributed by atoms with van der Waals surface area (Å²) >= 11 is 1.37. The molecule has 0 spiro atoms. The van der Waals surface area contributed by atoms with Gasteiger partial charge in [-0.1, -0.05) is 13.3 Å². The van der Waals surface area contributed by atoms with E-state index in [4.69, 9.17) is 0 Å². The largest absolute Gasteiger partial charge is 0.250 e. The van der Waals surface area contributed by atoms with E-state index in [1.165, 1.54) is 11.3 Å². The minimum atomic E-state index is -3.35. The Morgan fingerprint density at radius 1 is 1.29 bits per heavy atom. The molecule has 1 heterocycles. The van der Waals surface area contributed by atoms with E-state index in [0.29, 0.717) is 4.21 Å². The Kier molecular flexibility index (Phi) is 4.75. The first-order valence-electron chi connectivity index (χ1n) is 5.87. The molecule has 5 heteroatoms. The van der Waals surface area contributed by atoms with E-state index in [-0.39, 0.29) is 0 Å². The number of hydrogen-bond donors (Lipinski definition) is 1. The van der Waals surface area contributed by atoms with Crippen LogP contribution in [0.4, 0.5) is 0 Å². The molecule has 0 unspecified atom stereocenters. The van der Waals surface area contributed by atoms with Gasteiger partial charge in [0.05, 0.1) is 0 Å². The minimum absolute atomic E-state index is 0.415. The molecule has 0 radical (unpaired) electrons. The van der Waals surface area contributed by atoms with Gasteiger partial charge in [0.15, 0.2) is 0 Å². The van der Waals surface area contributed by atoms with Gasteiger partial charge in [-0.05, 0) is 45.7 Å². The molecule has 0 aromatic carbocycles. The Balaban J connectivity index is 2.82. The molecule has 0 bridgehead atoms. The van der Waals surface area contributed by atoms with Gasteiger partial charge in [0.25, 0.3) is 10.0 Å². The van der Waals surface area contributed by atoms with Gasteiger partial charge in [-0.25, -0.2) is 13.1 Å². The summed E-state index contributed by atoms with van der Waals surface area (Å²) in [6.45, 7) is 7.66. The quantitative estimate of drug-likeness (QED) is 0.897. The van der Waals surface area contributed by atoms with Crippen molar-refractivity contribution < 1.29 is 8.42 Å². The second-order valence-corrected chi connectivity index (χ2v) is 8.26. The van der Waals surface area contributed by atoms with Crippen LogP contribution >= 0.6 is 11.3 Å². The summed E-state index contributed by atoms with van der Waals surface area (Å²) in [5.74, 6) is 0. The third-order valence-corrected chi connectivity index (χ3v) is 5.51. The summed E-state index contributed by atoms with van der Waals surface area (Å²) in [4.78, 5) is 1.14. The lowest BCUT2D eigenvalue weighted by Gasteiger charge is -2.19.